The highest BCUT2D eigenvalue weighted by Crippen LogP contribution is 2.42. The van der Waals surface area contributed by atoms with Crippen molar-refractivity contribution in [2.24, 2.45) is 0 Å². The van der Waals surface area contributed by atoms with Crippen LogP contribution in [-0.2, 0) is 0 Å². The molecule has 6 nitrogen and oxygen atoms in total. The van der Waals surface area contributed by atoms with Gasteiger partial charge in [0.1, 0.15) is 11.9 Å². The third-order valence-corrected chi connectivity index (χ3v) is 4.90. The molecule has 2 N–H and O–H groups in total. The first kappa shape index (κ1) is 18.7. The highest BCUT2D eigenvalue weighted by atomic mass is 16.5. The Morgan fingerprint density at radius 2 is 1.79 bits per heavy atom. The maximum Gasteiger partial charge on any atom is 0.262 e. The molecular formula is C23H22N2O4. The third-order valence-electron chi connectivity index (χ3n) is 4.90. The zero-order chi connectivity index (χ0) is 20.4. The zero-order valence-electron chi connectivity index (χ0n) is 16.3. The van der Waals surface area contributed by atoms with Crippen LogP contribution in [0, 0.1) is 0 Å². The minimum absolute atomic E-state index is 0.00406. The number of rotatable bonds is 5. The van der Waals surface area contributed by atoms with Gasteiger partial charge in [0.05, 0.1) is 19.3 Å². The van der Waals surface area contributed by atoms with Crippen molar-refractivity contribution in [1.29, 1.82) is 0 Å². The molecule has 1 atom stereocenters. The van der Waals surface area contributed by atoms with Crippen LogP contribution in [0.2, 0.25) is 0 Å². The van der Waals surface area contributed by atoms with E-state index in [9.17, 15) is 9.90 Å². The maximum absolute atomic E-state index is 13.4. The predicted octanol–water partition coefficient (Wildman–Crippen LogP) is 4.57. The first-order valence-electron chi connectivity index (χ1n) is 9.42. The van der Waals surface area contributed by atoms with E-state index in [-0.39, 0.29) is 11.7 Å². The van der Waals surface area contributed by atoms with Crippen molar-refractivity contribution in [3.63, 3.8) is 0 Å². The van der Waals surface area contributed by atoms with E-state index in [1.807, 2.05) is 49.4 Å². The first-order valence-corrected chi connectivity index (χ1v) is 9.42. The quantitative estimate of drug-likeness (QED) is 0.668. The number of benzene rings is 3. The lowest BCUT2D eigenvalue weighted by atomic mass is 10.0. The van der Waals surface area contributed by atoms with Gasteiger partial charge in [-0.25, -0.2) is 0 Å². The number of carbonyl (C=O) groups is 1. The number of anilines is 2. The normalized spacial score (nSPS) is 15.4. The number of nitrogens with one attached hydrogen (secondary N) is 1. The number of carbonyl (C=O) groups excluding carboxylic acids is 1. The van der Waals surface area contributed by atoms with Crippen LogP contribution < -0.4 is 19.7 Å². The van der Waals surface area contributed by atoms with Gasteiger partial charge in [-0.3, -0.25) is 9.69 Å². The standard InChI is InChI=1S/C23H22N2O4/c1-3-29-16-13-11-15(12-14-16)25-22(18-8-6-10-20(28-2)21(18)26)24-19-9-5-4-7-17(19)23(25)27/h4-14,22,24,26H,3H2,1-2H3. The number of methoxy groups -OCH3 is 1. The number of phenols is 1. The van der Waals surface area contributed by atoms with Crippen LogP contribution in [-0.4, -0.2) is 24.7 Å². The fourth-order valence-electron chi connectivity index (χ4n) is 3.53. The molecule has 0 saturated carbocycles. The van der Waals surface area contributed by atoms with Gasteiger partial charge in [-0.15, -0.1) is 0 Å². The van der Waals surface area contributed by atoms with Crippen LogP contribution in [0.5, 0.6) is 17.2 Å². The van der Waals surface area contributed by atoms with Crippen LogP contribution >= 0.6 is 0 Å². The Hall–Kier alpha value is -3.67. The molecule has 4 rings (SSSR count). The fourth-order valence-corrected chi connectivity index (χ4v) is 3.53. The van der Waals surface area contributed by atoms with Crippen molar-refractivity contribution in [3.8, 4) is 17.2 Å². The van der Waals surface area contributed by atoms with Gasteiger partial charge in [0, 0.05) is 16.9 Å². The van der Waals surface area contributed by atoms with E-state index in [4.69, 9.17) is 9.47 Å². The molecule has 0 fully saturated rings. The lowest BCUT2D eigenvalue weighted by Crippen LogP contribution is -2.43. The molecule has 1 heterocycles. The second-order valence-electron chi connectivity index (χ2n) is 6.59. The summed E-state index contributed by atoms with van der Waals surface area (Å²) in [5.74, 6) is 0.920. The first-order chi connectivity index (χ1) is 14.1. The molecule has 1 aliphatic heterocycles. The summed E-state index contributed by atoms with van der Waals surface area (Å²) >= 11 is 0. The van der Waals surface area contributed by atoms with Gasteiger partial charge in [-0.1, -0.05) is 24.3 Å². The van der Waals surface area contributed by atoms with Crippen LogP contribution in [0.25, 0.3) is 0 Å². The minimum atomic E-state index is -0.606. The summed E-state index contributed by atoms with van der Waals surface area (Å²) in [6, 6.07) is 19.9. The largest absolute Gasteiger partial charge is 0.504 e. The van der Waals surface area contributed by atoms with Crippen molar-refractivity contribution in [3.05, 3.63) is 77.9 Å². The second-order valence-corrected chi connectivity index (χ2v) is 6.59. The Bertz CT molecular complexity index is 1030. The molecule has 148 valence electrons. The Labute approximate surface area is 169 Å². The molecule has 1 amide bonds. The molecule has 0 aliphatic carbocycles. The molecule has 29 heavy (non-hydrogen) atoms. The van der Waals surface area contributed by atoms with E-state index in [1.165, 1.54) is 7.11 Å². The summed E-state index contributed by atoms with van der Waals surface area (Å²) in [5, 5.41) is 14.1. The summed E-state index contributed by atoms with van der Waals surface area (Å²) in [6.45, 7) is 2.49. The highest BCUT2D eigenvalue weighted by molar-refractivity contribution is 6.12. The number of amides is 1. The SMILES string of the molecule is CCOc1ccc(N2C(=O)c3ccccc3NC2c2cccc(OC)c2O)cc1. The van der Waals surface area contributed by atoms with Crippen molar-refractivity contribution in [2.45, 2.75) is 13.1 Å². The van der Waals surface area contributed by atoms with Gasteiger partial charge < -0.3 is 19.9 Å². The van der Waals surface area contributed by atoms with Gasteiger partial charge in [0.25, 0.3) is 5.91 Å². The summed E-state index contributed by atoms with van der Waals surface area (Å²) in [5.41, 5.74) is 2.51. The molecule has 3 aromatic carbocycles. The summed E-state index contributed by atoms with van der Waals surface area (Å²) in [7, 11) is 1.50. The van der Waals surface area contributed by atoms with Gasteiger partial charge in [0.2, 0.25) is 0 Å². The van der Waals surface area contributed by atoms with Crippen molar-refractivity contribution in [1.82, 2.24) is 0 Å². The molecule has 1 aliphatic rings. The zero-order valence-corrected chi connectivity index (χ0v) is 16.3. The van der Waals surface area contributed by atoms with E-state index in [2.05, 4.69) is 5.32 Å². The Morgan fingerprint density at radius 1 is 1.03 bits per heavy atom. The molecule has 0 saturated heterocycles. The topological polar surface area (TPSA) is 71.0 Å². The number of aromatic hydroxyl groups is 1. The van der Waals surface area contributed by atoms with Gasteiger partial charge >= 0.3 is 0 Å². The van der Waals surface area contributed by atoms with Crippen molar-refractivity contribution >= 4 is 17.3 Å². The summed E-state index contributed by atoms with van der Waals surface area (Å²) in [4.78, 5) is 15.1. The van der Waals surface area contributed by atoms with Crippen LogP contribution in [0.15, 0.2) is 66.7 Å². The molecule has 0 spiro atoms. The van der Waals surface area contributed by atoms with Crippen molar-refractivity contribution < 1.29 is 19.4 Å². The van der Waals surface area contributed by atoms with E-state index in [0.29, 0.717) is 34.9 Å². The average molecular weight is 390 g/mol. The van der Waals surface area contributed by atoms with E-state index in [1.54, 1.807) is 29.2 Å². The van der Waals surface area contributed by atoms with Gasteiger partial charge in [0.15, 0.2) is 11.5 Å². The molecule has 0 aromatic heterocycles. The summed E-state index contributed by atoms with van der Waals surface area (Å²) in [6.07, 6.45) is -0.606. The minimum Gasteiger partial charge on any atom is -0.504 e. The van der Waals surface area contributed by atoms with Gasteiger partial charge in [-0.05, 0) is 49.4 Å². The summed E-state index contributed by atoms with van der Waals surface area (Å²) < 4.78 is 10.8. The highest BCUT2D eigenvalue weighted by Gasteiger charge is 2.35. The molecule has 0 radical (unpaired) electrons. The molecule has 1 unspecified atom stereocenters. The number of para-hydroxylation sites is 2. The lowest BCUT2D eigenvalue weighted by molar-refractivity contribution is 0.0974. The molecule has 0 bridgehead atoms. The predicted molar refractivity (Wildman–Crippen MR) is 112 cm³/mol. The number of phenolic OH excluding ortho intramolecular Hbond substituents is 1. The average Bonchev–Trinajstić information content (AvgIpc) is 2.75. The smallest absolute Gasteiger partial charge is 0.262 e. The van der Waals surface area contributed by atoms with E-state index >= 15 is 0 Å². The maximum atomic E-state index is 13.4. The monoisotopic (exact) mass is 390 g/mol. The number of ether oxygens (including phenoxy) is 2. The number of nitrogens with zero attached hydrogens (tertiary/aromatic N) is 1. The van der Waals surface area contributed by atoms with Crippen molar-refractivity contribution in [2.75, 3.05) is 23.9 Å². The molecular weight excluding hydrogens is 368 g/mol. The second kappa shape index (κ2) is 7.75. The number of fused-ring (bicyclic) bond motifs is 1. The molecule has 6 heteroatoms. The Morgan fingerprint density at radius 3 is 2.52 bits per heavy atom. The fraction of sp³-hybridized carbons (Fsp3) is 0.174. The molecule has 3 aromatic rings. The lowest BCUT2D eigenvalue weighted by Gasteiger charge is -2.38. The van der Waals surface area contributed by atoms with Gasteiger partial charge in [-0.2, -0.15) is 0 Å². The van der Waals surface area contributed by atoms with Crippen LogP contribution in [0.3, 0.4) is 0 Å². The van der Waals surface area contributed by atoms with Crippen LogP contribution in [0.4, 0.5) is 11.4 Å². The van der Waals surface area contributed by atoms with E-state index in [0.717, 1.165) is 5.75 Å². The Balaban J connectivity index is 1.84. The number of hydrogen-bond donors (Lipinski definition) is 2. The van der Waals surface area contributed by atoms with Crippen LogP contribution in [0.1, 0.15) is 29.0 Å². The van der Waals surface area contributed by atoms with E-state index < -0.39 is 6.17 Å². The third kappa shape index (κ3) is 3.33. The Kier molecular flexibility index (Phi) is 4.99. The number of hydrogen-bond acceptors (Lipinski definition) is 5.